The normalized spacial score (nSPS) is 19.9. The SMILES string of the molecule is CC(C)CSc1nc2c(c(=O)[nH]1)C(c1cccc(C(F)(F)F)c1)C1=C(CC(C)(C)CC1=O)N2. The van der Waals surface area contributed by atoms with Gasteiger partial charge in [0.2, 0.25) is 0 Å². The zero-order chi connectivity index (χ0) is 24.1. The molecule has 1 unspecified atom stereocenters. The summed E-state index contributed by atoms with van der Waals surface area (Å²) in [6, 6.07) is 4.86. The van der Waals surface area contributed by atoms with Crippen molar-refractivity contribution in [2.75, 3.05) is 11.1 Å². The highest BCUT2D eigenvalue weighted by Gasteiger charge is 2.43. The van der Waals surface area contributed by atoms with Gasteiger partial charge in [-0.25, -0.2) is 4.98 Å². The van der Waals surface area contributed by atoms with Crippen LogP contribution in [-0.4, -0.2) is 21.5 Å². The maximum absolute atomic E-state index is 13.5. The molecule has 2 aromatic rings. The predicted molar refractivity (Wildman–Crippen MR) is 122 cm³/mol. The summed E-state index contributed by atoms with van der Waals surface area (Å²) in [6.45, 7) is 8.05. The fourth-order valence-electron chi connectivity index (χ4n) is 4.44. The van der Waals surface area contributed by atoms with Gasteiger partial charge < -0.3 is 10.3 Å². The first-order chi connectivity index (χ1) is 15.4. The molecule has 0 radical (unpaired) electrons. The van der Waals surface area contributed by atoms with Crippen molar-refractivity contribution in [3.8, 4) is 0 Å². The first-order valence-corrected chi connectivity index (χ1v) is 11.8. The third-order valence-electron chi connectivity index (χ3n) is 5.80. The average Bonchev–Trinajstić information content (AvgIpc) is 2.69. The van der Waals surface area contributed by atoms with Crippen molar-refractivity contribution < 1.29 is 18.0 Å². The van der Waals surface area contributed by atoms with E-state index in [9.17, 15) is 22.8 Å². The highest BCUT2D eigenvalue weighted by Crippen LogP contribution is 2.48. The molecule has 1 atom stereocenters. The van der Waals surface area contributed by atoms with E-state index in [1.807, 2.05) is 13.8 Å². The van der Waals surface area contributed by atoms with Gasteiger partial charge >= 0.3 is 6.18 Å². The summed E-state index contributed by atoms with van der Waals surface area (Å²) in [5.41, 5.74) is -0.169. The van der Waals surface area contributed by atoms with Gasteiger partial charge in [0, 0.05) is 29.4 Å². The number of rotatable bonds is 4. The van der Waals surface area contributed by atoms with Crippen LogP contribution < -0.4 is 10.9 Å². The topological polar surface area (TPSA) is 74.8 Å². The van der Waals surface area contributed by atoms with Crippen molar-refractivity contribution in [1.82, 2.24) is 9.97 Å². The van der Waals surface area contributed by atoms with Crippen molar-refractivity contribution in [3.63, 3.8) is 0 Å². The first kappa shape index (κ1) is 23.6. The fraction of sp³-hybridized carbons (Fsp3) is 0.458. The number of fused-ring (bicyclic) bond motifs is 1. The number of H-pyrrole nitrogens is 1. The summed E-state index contributed by atoms with van der Waals surface area (Å²) in [4.78, 5) is 33.8. The number of carbonyl (C=O) groups excluding carboxylic acids is 1. The number of benzene rings is 1. The Morgan fingerprint density at radius 3 is 2.61 bits per heavy atom. The molecule has 0 spiro atoms. The van der Waals surface area contributed by atoms with Crippen LogP contribution in [0.15, 0.2) is 45.5 Å². The van der Waals surface area contributed by atoms with E-state index in [2.05, 4.69) is 29.1 Å². The Morgan fingerprint density at radius 2 is 1.94 bits per heavy atom. The maximum atomic E-state index is 13.5. The smallest absolute Gasteiger partial charge is 0.343 e. The van der Waals surface area contributed by atoms with Gasteiger partial charge in [0.05, 0.1) is 11.1 Å². The summed E-state index contributed by atoms with van der Waals surface area (Å²) in [5, 5.41) is 3.63. The number of carbonyl (C=O) groups is 1. The minimum absolute atomic E-state index is 0.167. The lowest BCUT2D eigenvalue weighted by Gasteiger charge is -2.38. The molecule has 0 saturated carbocycles. The number of anilines is 1. The van der Waals surface area contributed by atoms with E-state index in [-0.39, 0.29) is 28.7 Å². The minimum Gasteiger partial charge on any atom is -0.343 e. The largest absolute Gasteiger partial charge is 0.416 e. The molecule has 4 rings (SSSR count). The molecule has 176 valence electrons. The summed E-state index contributed by atoms with van der Waals surface area (Å²) in [5.74, 6) is 0.352. The number of hydrogen-bond donors (Lipinski definition) is 2. The lowest BCUT2D eigenvalue weighted by atomic mass is 9.69. The fourth-order valence-corrected chi connectivity index (χ4v) is 5.25. The minimum atomic E-state index is -4.54. The van der Waals surface area contributed by atoms with Gasteiger partial charge in [-0.2, -0.15) is 13.2 Å². The number of nitrogens with zero attached hydrogens (tertiary/aromatic N) is 1. The van der Waals surface area contributed by atoms with Crippen LogP contribution in [0.5, 0.6) is 0 Å². The van der Waals surface area contributed by atoms with Crippen molar-refractivity contribution >= 4 is 23.4 Å². The molecule has 0 saturated heterocycles. The summed E-state index contributed by atoms with van der Waals surface area (Å²) in [6.07, 6.45) is -3.75. The molecule has 0 bridgehead atoms. The van der Waals surface area contributed by atoms with E-state index >= 15 is 0 Å². The number of thioether (sulfide) groups is 1. The molecule has 0 amide bonds. The van der Waals surface area contributed by atoms with Crippen LogP contribution in [0.2, 0.25) is 0 Å². The van der Waals surface area contributed by atoms with Gasteiger partial charge in [-0.05, 0) is 29.4 Å². The number of aromatic amines is 1. The van der Waals surface area contributed by atoms with Crippen LogP contribution in [0.1, 0.15) is 63.1 Å². The van der Waals surface area contributed by atoms with Crippen LogP contribution in [0.4, 0.5) is 19.0 Å². The number of Topliss-reactive ketones (excluding diaryl/α,β-unsaturated/α-hetero) is 1. The highest BCUT2D eigenvalue weighted by atomic mass is 32.2. The monoisotopic (exact) mass is 477 g/mol. The second-order valence-corrected chi connectivity index (χ2v) is 10.9. The second kappa shape index (κ2) is 8.34. The average molecular weight is 478 g/mol. The Morgan fingerprint density at radius 1 is 1.21 bits per heavy atom. The number of aromatic nitrogens is 2. The molecule has 1 aliphatic heterocycles. The number of ketones is 1. The molecule has 9 heteroatoms. The zero-order valence-electron chi connectivity index (χ0n) is 18.9. The molecule has 2 N–H and O–H groups in total. The third kappa shape index (κ3) is 4.74. The Kier molecular flexibility index (Phi) is 5.97. The first-order valence-electron chi connectivity index (χ1n) is 10.8. The van der Waals surface area contributed by atoms with Gasteiger partial charge in [-0.1, -0.05) is 57.7 Å². The zero-order valence-corrected chi connectivity index (χ0v) is 19.7. The number of nitrogens with one attached hydrogen (secondary N) is 2. The van der Waals surface area contributed by atoms with Gasteiger partial charge in [-0.3, -0.25) is 9.59 Å². The number of allylic oxidation sites excluding steroid dienone is 2. The molecule has 5 nitrogen and oxygen atoms in total. The molecule has 0 fully saturated rings. The van der Waals surface area contributed by atoms with Crippen LogP contribution in [-0.2, 0) is 11.0 Å². The Bertz CT molecular complexity index is 1200. The maximum Gasteiger partial charge on any atom is 0.416 e. The third-order valence-corrected chi connectivity index (χ3v) is 7.10. The molecule has 1 aromatic carbocycles. The van der Waals surface area contributed by atoms with Crippen LogP contribution in [0.25, 0.3) is 0 Å². The van der Waals surface area contributed by atoms with Gasteiger partial charge in [0.15, 0.2) is 10.9 Å². The molecule has 2 heterocycles. The van der Waals surface area contributed by atoms with Gasteiger partial charge in [0.25, 0.3) is 5.56 Å². The second-order valence-electron chi connectivity index (χ2n) is 9.85. The van der Waals surface area contributed by atoms with Crippen molar-refractivity contribution in [1.29, 1.82) is 0 Å². The molecular weight excluding hydrogens is 451 g/mol. The Hall–Kier alpha value is -2.55. The quantitative estimate of drug-likeness (QED) is 0.434. The number of alkyl halides is 3. The van der Waals surface area contributed by atoms with Crippen LogP contribution in [0.3, 0.4) is 0 Å². The van der Waals surface area contributed by atoms with E-state index < -0.39 is 23.2 Å². The molecule has 2 aliphatic rings. The van der Waals surface area contributed by atoms with Gasteiger partial charge in [0.1, 0.15) is 5.82 Å². The van der Waals surface area contributed by atoms with E-state index in [1.54, 1.807) is 0 Å². The summed E-state index contributed by atoms with van der Waals surface area (Å²) >= 11 is 1.41. The van der Waals surface area contributed by atoms with E-state index in [0.717, 1.165) is 17.9 Å². The van der Waals surface area contributed by atoms with E-state index in [4.69, 9.17) is 0 Å². The Balaban J connectivity index is 1.91. The van der Waals surface area contributed by atoms with Crippen molar-refractivity contribution in [2.24, 2.45) is 11.3 Å². The van der Waals surface area contributed by atoms with E-state index in [0.29, 0.717) is 34.6 Å². The highest BCUT2D eigenvalue weighted by molar-refractivity contribution is 7.99. The molecule has 1 aromatic heterocycles. The summed E-state index contributed by atoms with van der Waals surface area (Å²) in [7, 11) is 0. The standard InChI is InChI=1S/C24H26F3N3O2S/c1-12(2)11-33-22-29-20-19(21(32)30-22)17(13-6-5-7-14(8-13)24(25,26)27)18-15(28-20)9-23(3,4)10-16(18)31/h5-8,12,17H,9-11H2,1-4H3,(H2,28,29,30,32). The molecule has 1 aliphatic carbocycles. The lowest BCUT2D eigenvalue weighted by molar-refractivity contribution is -0.137. The molecule has 33 heavy (non-hydrogen) atoms. The molecular formula is C24H26F3N3O2S. The van der Waals surface area contributed by atoms with Crippen LogP contribution in [0, 0.1) is 11.3 Å². The predicted octanol–water partition coefficient (Wildman–Crippen LogP) is 5.74. The number of halogens is 3. The van der Waals surface area contributed by atoms with E-state index in [1.165, 1.54) is 23.9 Å². The lowest BCUT2D eigenvalue weighted by Crippen LogP contribution is -2.37. The number of hydrogen-bond acceptors (Lipinski definition) is 5. The van der Waals surface area contributed by atoms with Gasteiger partial charge in [-0.15, -0.1) is 0 Å². The van der Waals surface area contributed by atoms with Crippen molar-refractivity contribution in [2.45, 2.75) is 57.8 Å². The van der Waals surface area contributed by atoms with Crippen molar-refractivity contribution in [3.05, 3.63) is 62.6 Å². The van der Waals surface area contributed by atoms with Crippen LogP contribution >= 0.6 is 11.8 Å². The Labute approximate surface area is 194 Å². The summed E-state index contributed by atoms with van der Waals surface area (Å²) < 4.78 is 40.4.